The molecule has 1 fully saturated rings. The summed E-state index contributed by atoms with van der Waals surface area (Å²) in [4.78, 5) is 15.7. The number of rotatable bonds is 9. The number of sulfone groups is 1. The molecule has 0 radical (unpaired) electrons. The first-order valence-electron chi connectivity index (χ1n) is 14.0. The second kappa shape index (κ2) is 12.2. The highest BCUT2D eigenvalue weighted by molar-refractivity contribution is 7.91. The number of alkyl halides is 3. The van der Waals surface area contributed by atoms with Gasteiger partial charge < -0.3 is 10.4 Å². The predicted octanol–water partition coefficient (Wildman–Crippen LogP) is 5.83. The minimum atomic E-state index is -4.11. The van der Waals surface area contributed by atoms with E-state index in [1.54, 1.807) is 25.1 Å². The average Bonchev–Trinajstić information content (AvgIpc) is 3.28. The lowest BCUT2D eigenvalue weighted by Crippen LogP contribution is -2.34. The lowest BCUT2D eigenvalue weighted by atomic mass is 9.81. The molecule has 1 saturated carbocycles. The number of amides is 1. The summed E-state index contributed by atoms with van der Waals surface area (Å²) in [6.07, 6.45) is -2.59. The van der Waals surface area contributed by atoms with Crippen molar-refractivity contribution in [2.45, 2.75) is 76.2 Å². The number of halogens is 3. The van der Waals surface area contributed by atoms with Crippen LogP contribution in [-0.4, -0.2) is 49.4 Å². The summed E-state index contributed by atoms with van der Waals surface area (Å²) in [5.74, 6) is -1.03. The molecular weight excluding hydrogens is 541 g/mol. The highest BCUT2D eigenvalue weighted by atomic mass is 32.2. The topological polar surface area (TPSA) is 86.7 Å². The van der Waals surface area contributed by atoms with E-state index in [2.05, 4.69) is 24.1 Å². The van der Waals surface area contributed by atoms with Crippen molar-refractivity contribution in [2.75, 3.05) is 18.9 Å². The number of aliphatic hydroxyl groups excluding tert-OH is 1. The molecule has 0 saturated heterocycles. The second-order valence-electron chi connectivity index (χ2n) is 11.5. The molecule has 220 valence electrons. The molecule has 2 aromatic rings. The number of aliphatic hydroxyl groups is 1. The molecule has 2 atom stereocenters. The lowest BCUT2D eigenvalue weighted by Gasteiger charge is -2.35. The number of nitrogens with zero attached hydrogens (tertiary/aromatic N) is 1. The maximum absolute atomic E-state index is 13.2. The van der Waals surface area contributed by atoms with Gasteiger partial charge >= 0.3 is 6.18 Å². The lowest BCUT2D eigenvalue weighted by molar-refractivity contribution is -0.184. The van der Waals surface area contributed by atoms with E-state index in [1.807, 2.05) is 12.1 Å². The van der Waals surface area contributed by atoms with E-state index >= 15 is 0 Å². The Bertz CT molecular complexity index is 1290. The third-order valence-electron chi connectivity index (χ3n) is 8.43. The minimum absolute atomic E-state index is 0.0148. The molecule has 2 N–H and O–H groups in total. The Morgan fingerprint density at radius 2 is 1.73 bits per heavy atom. The molecule has 0 spiro atoms. The molecule has 1 amide bonds. The van der Waals surface area contributed by atoms with Crippen LogP contribution in [0.3, 0.4) is 0 Å². The third kappa shape index (κ3) is 6.71. The zero-order valence-electron chi connectivity index (χ0n) is 23.2. The molecule has 10 heteroatoms. The molecule has 2 aromatic carbocycles. The Balaban J connectivity index is 1.44. The number of hydrogen-bond acceptors (Lipinski definition) is 5. The standard InChI is InChI=1S/C30H39F3N2O4S/c1-4-40(38,39)25-12-7-21(8-13-25)27(18-36)34-29(37)22-9-14-26-23(15-22)17-35(28(26)19(2)3)16-20-5-10-24(11-6-20)30(31,32)33/h7-9,12-15,19-20,24,27-28,36H,4-6,10-11,16-18H2,1-3H3,(H,34,37)/t20-,24-,27-,28?/m0/s1. The predicted molar refractivity (Wildman–Crippen MR) is 147 cm³/mol. The maximum Gasteiger partial charge on any atom is 0.391 e. The molecule has 1 aliphatic heterocycles. The summed E-state index contributed by atoms with van der Waals surface area (Å²) >= 11 is 0. The molecule has 1 unspecified atom stereocenters. The van der Waals surface area contributed by atoms with Gasteiger partial charge in [-0.2, -0.15) is 13.2 Å². The number of benzene rings is 2. The van der Waals surface area contributed by atoms with Crippen molar-refractivity contribution in [1.82, 2.24) is 10.2 Å². The number of carbonyl (C=O) groups is 1. The monoisotopic (exact) mass is 580 g/mol. The highest BCUT2D eigenvalue weighted by Crippen LogP contribution is 2.43. The molecule has 1 heterocycles. The van der Waals surface area contributed by atoms with Crippen molar-refractivity contribution >= 4 is 15.7 Å². The summed E-state index contributed by atoms with van der Waals surface area (Å²) in [6, 6.07) is 11.2. The van der Waals surface area contributed by atoms with Gasteiger partial charge in [0.05, 0.1) is 29.2 Å². The largest absolute Gasteiger partial charge is 0.394 e. The normalized spacial score (nSPS) is 22.8. The van der Waals surface area contributed by atoms with Crippen molar-refractivity contribution in [2.24, 2.45) is 17.8 Å². The van der Waals surface area contributed by atoms with Gasteiger partial charge in [-0.1, -0.05) is 39.0 Å². The van der Waals surface area contributed by atoms with Crippen molar-refractivity contribution in [3.8, 4) is 0 Å². The molecule has 6 nitrogen and oxygen atoms in total. The van der Waals surface area contributed by atoms with Gasteiger partial charge in [-0.05, 0) is 78.5 Å². The van der Waals surface area contributed by atoms with Gasteiger partial charge in [-0.25, -0.2) is 8.42 Å². The Hall–Kier alpha value is -2.43. The van der Waals surface area contributed by atoms with Crippen LogP contribution >= 0.6 is 0 Å². The van der Waals surface area contributed by atoms with E-state index in [1.165, 1.54) is 12.1 Å². The fourth-order valence-corrected chi connectivity index (χ4v) is 7.08. The minimum Gasteiger partial charge on any atom is -0.394 e. The summed E-state index contributed by atoms with van der Waals surface area (Å²) < 4.78 is 63.5. The molecule has 0 bridgehead atoms. The van der Waals surface area contributed by atoms with Crippen molar-refractivity contribution in [3.05, 3.63) is 64.7 Å². The summed E-state index contributed by atoms with van der Waals surface area (Å²) in [5, 5.41) is 12.8. The zero-order valence-corrected chi connectivity index (χ0v) is 24.1. The fourth-order valence-electron chi connectivity index (χ4n) is 6.20. The molecular formula is C30H39F3N2O4S. The Labute approximate surface area is 234 Å². The summed E-state index contributed by atoms with van der Waals surface area (Å²) in [7, 11) is -3.35. The van der Waals surface area contributed by atoms with E-state index in [9.17, 15) is 31.5 Å². The Morgan fingerprint density at radius 3 is 2.27 bits per heavy atom. The first kappa shape index (κ1) is 30.5. The first-order valence-corrected chi connectivity index (χ1v) is 15.7. The van der Waals surface area contributed by atoms with Crippen LogP contribution in [0.15, 0.2) is 47.4 Å². The zero-order chi connectivity index (χ0) is 29.2. The van der Waals surface area contributed by atoms with Gasteiger partial charge in [0.1, 0.15) is 0 Å². The fraction of sp³-hybridized carbons (Fsp3) is 0.567. The van der Waals surface area contributed by atoms with Crippen molar-refractivity contribution in [1.29, 1.82) is 0 Å². The van der Waals surface area contributed by atoms with Crippen molar-refractivity contribution < 1.29 is 31.5 Å². The van der Waals surface area contributed by atoms with Crippen LogP contribution < -0.4 is 5.32 Å². The van der Waals surface area contributed by atoms with E-state index < -0.39 is 28.0 Å². The van der Waals surface area contributed by atoms with Crippen LogP contribution in [0.2, 0.25) is 0 Å². The molecule has 1 aliphatic carbocycles. The highest BCUT2D eigenvalue weighted by Gasteiger charge is 2.42. The van der Waals surface area contributed by atoms with E-state index in [0.29, 0.717) is 36.4 Å². The molecule has 40 heavy (non-hydrogen) atoms. The van der Waals surface area contributed by atoms with Crippen molar-refractivity contribution in [3.63, 3.8) is 0 Å². The van der Waals surface area contributed by atoms with E-state index in [4.69, 9.17) is 0 Å². The van der Waals surface area contributed by atoms with Crippen LogP contribution in [0, 0.1) is 17.8 Å². The number of nitrogens with one attached hydrogen (secondary N) is 1. The van der Waals surface area contributed by atoms with Gasteiger partial charge in [0.15, 0.2) is 9.84 Å². The summed E-state index contributed by atoms with van der Waals surface area (Å²) in [5.41, 5.74) is 3.22. The summed E-state index contributed by atoms with van der Waals surface area (Å²) in [6.45, 7) is 6.86. The van der Waals surface area contributed by atoms with Crippen LogP contribution in [0.1, 0.15) is 85.6 Å². The van der Waals surface area contributed by atoms with Gasteiger partial charge in [0.2, 0.25) is 0 Å². The maximum atomic E-state index is 13.2. The molecule has 0 aromatic heterocycles. The second-order valence-corrected chi connectivity index (χ2v) is 13.8. The van der Waals surface area contributed by atoms with Crippen LogP contribution in [0.4, 0.5) is 13.2 Å². The molecule has 2 aliphatic rings. The van der Waals surface area contributed by atoms with Crippen LogP contribution in [-0.2, 0) is 16.4 Å². The third-order valence-corrected chi connectivity index (χ3v) is 10.2. The van der Waals surface area contributed by atoms with Gasteiger partial charge in [0, 0.05) is 24.7 Å². The van der Waals surface area contributed by atoms with Gasteiger partial charge in [0.25, 0.3) is 5.91 Å². The van der Waals surface area contributed by atoms with Gasteiger partial charge in [-0.3, -0.25) is 9.69 Å². The quantitative estimate of drug-likeness (QED) is 0.390. The van der Waals surface area contributed by atoms with Gasteiger partial charge in [-0.15, -0.1) is 0 Å². The Morgan fingerprint density at radius 1 is 1.07 bits per heavy atom. The number of carbonyl (C=O) groups excluding carboxylic acids is 1. The Kier molecular flexibility index (Phi) is 9.31. The van der Waals surface area contributed by atoms with E-state index in [0.717, 1.165) is 17.7 Å². The molecule has 4 rings (SSSR count). The smallest absolute Gasteiger partial charge is 0.391 e. The number of hydrogen-bond donors (Lipinski definition) is 2. The van der Waals surface area contributed by atoms with Crippen LogP contribution in [0.25, 0.3) is 0 Å². The number of fused-ring (bicyclic) bond motifs is 1. The van der Waals surface area contributed by atoms with E-state index in [-0.39, 0.29) is 48.0 Å². The van der Waals surface area contributed by atoms with Crippen LogP contribution in [0.5, 0.6) is 0 Å². The average molecular weight is 581 g/mol. The first-order chi connectivity index (χ1) is 18.8. The SMILES string of the molecule is CCS(=O)(=O)c1ccc([C@H](CO)NC(=O)c2ccc3c(c2)CN(C[C@H]2CC[C@H](C(F)(F)F)CC2)C3C(C)C)cc1.